The highest BCUT2D eigenvalue weighted by molar-refractivity contribution is 5.58. The molecule has 1 aromatic carbocycles. The summed E-state index contributed by atoms with van der Waals surface area (Å²) in [5.41, 5.74) is 7.90. The summed E-state index contributed by atoms with van der Waals surface area (Å²) in [4.78, 5) is 10.4. The van der Waals surface area contributed by atoms with E-state index in [0.717, 1.165) is 16.9 Å². The summed E-state index contributed by atoms with van der Waals surface area (Å²) in [5.74, 6) is 1.33. The van der Waals surface area contributed by atoms with Crippen molar-refractivity contribution in [2.24, 2.45) is 0 Å². The summed E-state index contributed by atoms with van der Waals surface area (Å²) < 4.78 is 12.9. The van der Waals surface area contributed by atoms with Crippen molar-refractivity contribution >= 4 is 11.6 Å². The van der Waals surface area contributed by atoms with Crippen LogP contribution in [0.2, 0.25) is 0 Å². The lowest BCUT2D eigenvalue weighted by molar-refractivity contribution is 0.627. The van der Waals surface area contributed by atoms with Gasteiger partial charge in [0.05, 0.1) is 0 Å². The van der Waals surface area contributed by atoms with E-state index < -0.39 is 0 Å². The van der Waals surface area contributed by atoms with Crippen LogP contribution in [0.15, 0.2) is 30.6 Å². The van der Waals surface area contributed by atoms with Crippen LogP contribution < -0.4 is 10.6 Å². The molecular weight excluding hydrogens is 255 g/mol. The van der Waals surface area contributed by atoms with Gasteiger partial charge in [-0.15, -0.1) is 0 Å². The predicted molar refractivity (Wildman–Crippen MR) is 79.0 cm³/mol. The summed E-state index contributed by atoms with van der Waals surface area (Å²) >= 11 is 0. The summed E-state index contributed by atoms with van der Waals surface area (Å²) in [7, 11) is 1.94. The third-order valence-electron chi connectivity index (χ3n) is 3.17. The van der Waals surface area contributed by atoms with Gasteiger partial charge in [-0.3, -0.25) is 0 Å². The van der Waals surface area contributed by atoms with Gasteiger partial charge in [-0.1, -0.05) is 26.0 Å². The lowest BCUT2D eigenvalue weighted by atomic mass is 10.0. The Morgan fingerprint density at radius 1 is 1.20 bits per heavy atom. The van der Waals surface area contributed by atoms with Crippen molar-refractivity contribution in [3.8, 4) is 0 Å². The Morgan fingerprint density at radius 3 is 2.45 bits per heavy atom. The molecule has 0 saturated carbocycles. The maximum atomic E-state index is 12.9. The van der Waals surface area contributed by atoms with E-state index in [1.165, 1.54) is 18.5 Å². The Hall–Kier alpha value is -2.17. The van der Waals surface area contributed by atoms with E-state index in [9.17, 15) is 4.39 Å². The van der Waals surface area contributed by atoms with Gasteiger partial charge >= 0.3 is 0 Å². The molecule has 5 heteroatoms. The number of nitrogens with two attached hydrogens (primary N) is 1. The SMILES string of the molecule is CC(C)c1c(N)ncnc1N(C)Cc1ccc(F)cc1. The second kappa shape index (κ2) is 5.86. The third kappa shape index (κ3) is 3.04. The first kappa shape index (κ1) is 14.2. The first-order chi connectivity index (χ1) is 9.49. The molecular formula is C15H19FN4. The number of nitrogen functional groups attached to an aromatic ring is 1. The lowest BCUT2D eigenvalue weighted by Gasteiger charge is -2.23. The van der Waals surface area contributed by atoms with Crippen molar-refractivity contribution in [1.82, 2.24) is 9.97 Å². The molecule has 0 atom stereocenters. The molecule has 0 aliphatic rings. The number of rotatable bonds is 4. The van der Waals surface area contributed by atoms with Gasteiger partial charge < -0.3 is 10.6 Å². The van der Waals surface area contributed by atoms with E-state index >= 15 is 0 Å². The minimum absolute atomic E-state index is 0.231. The van der Waals surface area contributed by atoms with Gasteiger partial charge in [-0.25, -0.2) is 14.4 Å². The number of nitrogens with zero attached hydrogens (tertiary/aromatic N) is 3. The van der Waals surface area contributed by atoms with Crippen molar-refractivity contribution in [3.63, 3.8) is 0 Å². The van der Waals surface area contributed by atoms with Crippen LogP contribution in [-0.4, -0.2) is 17.0 Å². The average Bonchev–Trinajstić information content (AvgIpc) is 2.40. The smallest absolute Gasteiger partial charge is 0.137 e. The second-order valence-corrected chi connectivity index (χ2v) is 5.13. The number of aromatic nitrogens is 2. The molecule has 1 heterocycles. The third-order valence-corrected chi connectivity index (χ3v) is 3.17. The molecule has 2 aromatic rings. The highest BCUT2D eigenvalue weighted by atomic mass is 19.1. The molecule has 0 bridgehead atoms. The molecule has 4 nitrogen and oxygen atoms in total. The predicted octanol–water partition coefficient (Wildman–Crippen LogP) is 2.96. The quantitative estimate of drug-likeness (QED) is 0.931. The first-order valence-corrected chi connectivity index (χ1v) is 6.55. The van der Waals surface area contributed by atoms with Crippen molar-refractivity contribution in [2.75, 3.05) is 17.7 Å². The van der Waals surface area contributed by atoms with E-state index in [2.05, 4.69) is 23.8 Å². The molecule has 0 radical (unpaired) electrons. The summed E-state index contributed by atoms with van der Waals surface area (Å²) in [6, 6.07) is 6.46. The van der Waals surface area contributed by atoms with Gasteiger partial charge in [0, 0.05) is 19.2 Å². The molecule has 0 amide bonds. The van der Waals surface area contributed by atoms with Gasteiger partial charge in [0.2, 0.25) is 0 Å². The standard InChI is InChI=1S/C15H19FN4/c1-10(2)13-14(17)18-9-19-15(13)20(3)8-11-4-6-12(16)7-5-11/h4-7,9-10H,8H2,1-3H3,(H2,17,18,19). The van der Waals surface area contributed by atoms with E-state index in [1.807, 2.05) is 11.9 Å². The average molecular weight is 274 g/mol. The van der Waals surface area contributed by atoms with Gasteiger partial charge in [0.25, 0.3) is 0 Å². The zero-order valence-electron chi connectivity index (χ0n) is 12.0. The Balaban J connectivity index is 2.27. The fourth-order valence-electron chi connectivity index (χ4n) is 2.20. The fourth-order valence-corrected chi connectivity index (χ4v) is 2.20. The van der Waals surface area contributed by atoms with Crippen molar-refractivity contribution < 1.29 is 4.39 Å². The molecule has 20 heavy (non-hydrogen) atoms. The van der Waals surface area contributed by atoms with Crippen molar-refractivity contribution in [3.05, 3.63) is 47.5 Å². The monoisotopic (exact) mass is 274 g/mol. The van der Waals surface area contributed by atoms with Crippen LogP contribution in [0.3, 0.4) is 0 Å². The highest BCUT2D eigenvalue weighted by Gasteiger charge is 2.16. The molecule has 2 rings (SSSR count). The van der Waals surface area contributed by atoms with Crippen LogP contribution in [0.25, 0.3) is 0 Å². The fraction of sp³-hybridized carbons (Fsp3) is 0.333. The molecule has 0 spiro atoms. The van der Waals surface area contributed by atoms with Gasteiger partial charge in [-0.2, -0.15) is 0 Å². The maximum absolute atomic E-state index is 12.9. The van der Waals surface area contributed by atoms with E-state index in [1.54, 1.807) is 12.1 Å². The zero-order valence-corrected chi connectivity index (χ0v) is 12.0. The maximum Gasteiger partial charge on any atom is 0.137 e. The number of halogens is 1. The van der Waals surface area contributed by atoms with Crippen molar-refractivity contribution in [2.45, 2.75) is 26.3 Å². The second-order valence-electron chi connectivity index (χ2n) is 5.13. The minimum atomic E-state index is -0.231. The Bertz CT molecular complexity index is 581. The van der Waals surface area contributed by atoms with Crippen LogP contribution in [0.5, 0.6) is 0 Å². The Morgan fingerprint density at radius 2 is 1.85 bits per heavy atom. The summed E-state index contributed by atoms with van der Waals surface area (Å²) in [5, 5.41) is 0. The molecule has 0 aliphatic carbocycles. The summed E-state index contributed by atoms with van der Waals surface area (Å²) in [6.45, 7) is 4.75. The van der Waals surface area contributed by atoms with Crippen molar-refractivity contribution in [1.29, 1.82) is 0 Å². The number of anilines is 2. The van der Waals surface area contributed by atoms with E-state index in [-0.39, 0.29) is 11.7 Å². The van der Waals surface area contributed by atoms with Gasteiger partial charge in [0.1, 0.15) is 23.8 Å². The minimum Gasteiger partial charge on any atom is -0.383 e. The van der Waals surface area contributed by atoms with Crippen LogP contribution in [-0.2, 0) is 6.54 Å². The largest absolute Gasteiger partial charge is 0.383 e. The topological polar surface area (TPSA) is 55.0 Å². The first-order valence-electron chi connectivity index (χ1n) is 6.55. The Labute approximate surface area is 118 Å². The molecule has 0 unspecified atom stereocenters. The van der Waals surface area contributed by atoms with Crippen LogP contribution in [0, 0.1) is 5.82 Å². The number of hydrogen-bond acceptors (Lipinski definition) is 4. The molecule has 0 saturated heterocycles. The normalized spacial score (nSPS) is 10.8. The number of benzene rings is 1. The van der Waals surface area contributed by atoms with E-state index in [0.29, 0.717) is 12.4 Å². The van der Waals surface area contributed by atoms with Crippen LogP contribution in [0.1, 0.15) is 30.9 Å². The van der Waals surface area contributed by atoms with E-state index in [4.69, 9.17) is 5.73 Å². The zero-order chi connectivity index (χ0) is 14.7. The van der Waals surface area contributed by atoms with Crippen LogP contribution >= 0.6 is 0 Å². The van der Waals surface area contributed by atoms with Gasteiger partial charge in [-0.05, 0) is 23.6 Å². The lowest BCUT2D eigenvalue weighted by Crippen LogP contribution is -2.21. The Kier molecular flexibility index (Phi) is 4.17. The summed E-state index contributed by atoms with van der Waals surface area (Å²) in [6.07, 6.45) is 1.47. The van der Waals surface area contributed by atoms with Crippen LogP contribution in [0.4, 0.5) is 16.0 Å². The molecule has 0 fully saturated rings. The molecule has 0 aliphatic heterocycles. The van der Waals surface area contributed by atoms with Gasteiger partial charge in [0.15, 0.2) is 0 Å². The molecule has 106 valence electrons. The number of hydrogen-bond donors (Lipinski definition) is 1. The highest BCUT2D eigenvalue weighted by Crippen LogP contribution is 2.29. The molecule has 1 aromatic heterocycles. The molecule has 2 N–H and O–H groups in total.